The second kappa shape index (κ2) is 28.4. The Bertz CT molecular complexity index is 2650. The molecule has 4 aromatic carbocycles. The van der Waals surface area contributed by atoms with E-state index in [4.69, 9.17) is 14.3 Å². The van der Waals surface area contributed by atoms with Gasteiger partial charge in [-0.2, -0.15) is 9.59 Å². The number of ether oxygens (including phenoxy) is 1. The first-order chi connectivity index (χ1) is 35.1. The van der Waals surface area contributed by atoms with E-state index in [0.717, 1.165) is 100 Å². The van der Waals surface area contributed by atoms with Crippen LogP contribution in [0, 0.1) is 13.8 Å². The average molecular weight is 989 g/mol. The maximum Gasteiger partial charge on any atom is 0.373 e. The first-order valence-corrected chi connectivity index (χ1v) is 26.9. The molecule has 6 rings (SSSR count). The summed E-state index contributed by atoms with van der Waals surface area (Å²) < 4.78 is 4.88. The summed E-state index contributed by atoms with van der Waals surface area (Å²) in [5.41, 5.74) is 16.2. The second-order valence-electron chi connectivity index (χ2n) is 19.9. The van der Waals surface area contributed by atoms with E-state index in [-0.39, 0.29) is 23.6 Å². The standard InChI is InChI=1S/C32H41NO3.C32H43NO.CO2/c1-6-31(35,7-2)17-16-26-10-15-30(18-24(26)5)32(8-3,9-4)29-13-11-27(12-14-29)28-19-25(20-33-21-28)22-36-23-34;1-7-25-21-28(23-33-22-25)27-13-15-29(16-14-27)32(10-4,11-5)30-17-12-26(24(6)20-30)18-19-31(34,8-2)9-3;2-1-3/h10-15,18-21,23,35H,6-9,16-17,22H2,1-5H3;12-17,20-23,34H,7-11,18-19H2,1-6H3;. The topological polar surface area (TPSA) is 127 Å². The van der Waals surface area contributed by atoms with E-state index in [1.807, 2.05) is 24.7 Å². The zero-order valence-electron chi connectivity index (χ0n) is 45.9. The summed E-state index contributed by atoms with van der Waals surface area (Å²) >= 11 is 0. The molecule has 73 heavy (non-hydrogen) atoms. The molecule has 0 unspecified atom stereocenters. The minimum atomic E-state index is -0.569. The summed E-state index contributed by atoms with van der Waals surface area (Å²) in [4.78, 5) is 35.5. The van der Waals surface area contributed by atoms with Crippen molar-refractivity contribution in [3.05, 3.63) is 177 Å². The van der Waals surface area contributed by atoms with Gasteiger partial charge in [-0.25, -0.2) is 0 Å². The quantitative estimate of drug-likeness (QED) is 0.0574. The fourth-order valence-electron chi connectivity index (χ4n) is 10.6. The molecule has 2 heterocycles. The number of aromatic nitrogens is 2. The van der Waals surface area contributed by atoms with Gasteiger partial charge in [0.1, 0.15) is 6.61 Å². The molecular formula is C65H84N2O6. The Morgan fingerprint density at radius 3 is 1.16 bits per heavy atom. The van der Waals surface area contributed by atoms with Gasteiger partial charge in [-0.3, -0.25) is 14.8 Å². The molecule has 0 fully saturated rings. The molecule has 0 spiro atoms. The molecule has 0 atom stereocenters. The van der Waals surface area contributed by atoms with Gasteiger partial charge in [-0.1, -0.05) is 147 Å². The van der Waals surface area contributed by atoms with Crippen molar-refractivity contribution in [3.8, 4) is 22.3 Å². The van der Waals surface area contributed by atoms with E-state index in [1.54, 1.807) is 6.20 Å². The fourth-order valence-corrected chi connectivity index (χ4v) is 10.6. The number of benzene rings is 4. The number of rotatable bonds is 24. The molecule has 8 nitrogen and oxygen atoms in total. The highest BCUT2D eigenvalue weighted by Crippen LogP contribution is 2.42. The molecule has 2 aromatic heterocycles. The molecule has 0 bridgehead atoms. The zero-order chi connectivity index (χ0) is 53.7. The van der Waals surface area contributed by atoms with Gasteiger partial charge in [0.2, 0.25) is 0 Å². The van der Waals surface area contributed by atoms with Crippen LogP contribution < -0.4 is 0 Å². The third kappa shape index (κ3) is 15.0. The van der Waals surface area contributed by atoms with Crippen LogP contribution in [0.2, 0.25) is 0 Å². The van der Waals surface area contributed by atoms with Crippen LogP contribution in [0.5, 0.6) is 0 Å². The van der Waals surface area contributed by atoms with Crippen molar-refractivity contribution in [2.75, 3.05) is 0 Å². The lowest BCUT2D eigenvalue weighted by molar-refractivity contribution is -0.191. The van der Waals surface area contributed by atoms with Crippen LogP contribution in [0.25, 0.3) is 22.3 Å². The summed E-state index contributed by atoms with van der Waals surface area (Å²) in [7, 11) is 0. The van der Waals surface area contributed by atoms with Crippen LogP contribution in [0.1, 0.15) is 182 Å². The fraction of sp³-hybridized carbons (Fsp3) is 0.446. The highest BCUT2D eigenvalue weighted by Gasteiger charge is 2.33. The van der Waals surface area contributed by atoms with Crippen LogP contribution in [0.15, 0.2) is 122 Å². The maximum absolute atomic E-state index is 10.7. The minimum Gasteiger partial charge on any atom is -0.463 e. The van der Waals surface area contributed by atoms with Crippen LogP contribution in [-0.2, 0) is 55.8 Å². The monoisotopic (exact) mass is 989 g/mol. The molecular weight excluding hydrogens is 905 g/mol. The lowest BCUT2D eigenvalue weighted by Gasteiger charge is -2.34. The van der Waals surface area contributed by atoms with Gasteiger partial charge in [-0.15, -0.1) is 0 Å². The molecule has 0 amide bonds. The van der Waals surface area contributed by atoms with Crippen LogP contribution in [0.3, 0.4) is 0 Å². The number of pyridine rings is 2. The smallest absolute Gasteiger partial charge is 0.373 e. The van der Waals surface area contributed by atoms with Crippen LogP contribution in [0.4, 0.5) is 0 Å². The lowest BCUT2D eigenvalue weighted by atomic mass is 9.70. The van der Waals surface area contributed by atoms with Gasteiger partial charge < -0.3 is 14.9 Å². The van der Waals surface area contributed by atoms with E-state index in [0.29, 0.717) is 6.47 Å². The molecule has 0 saturated heterocycles. The summed E-state index contributed by atoms with van der Waals surface area (Å²) in [6, 6.07) is 36.1. The van der Waals surface area contributed by atoms with Crippen molar-refractivity contribution in [2.45, 2.75) is 188 Å². The number of nitrogens with zero attached hydrogens (tertiary/aromatic N) is 2. The van der Waals surface area contributed by atoms with Gasteiger partial charge in [0.05, 0.1) is 11.2 Å². The highest BCUT2D eigenvalue weighted by molar-refractivity contribution is 5.65. The Morgan fingerprint density at radius 2 is 0.836 bits per heavy atom. The molecule has 390 valence electrons. The summed E-state index contributed by atoms with van der Waals surface area (Å²) in [6.07, 6.45) is 19.5. The van der Waals surface area contributed by atoms with Crippen LogP contribution in [-0.4, -0.2) is 44.0 Å². The van der Waals surface area contributed by atoms with Gasteiger partial charge in [0.25, 0.3) is 6.47 Å². The largest absolute Gasteiger partial charge is 0.463 e. The SMILES string of the molecule is CCC(O)(CC)CCc1ccc(C(CC)(CC)c2ccc(-c3cncc(COC=O)c3)cc2)cc1C.CCc1cncc(-c2ccc(C(CC)(CC)c3ccc(CCC(O)(CC)CC)c(C)c3)cc2)c1.O=C=O. The predicted octanol–water partition coefficient (Wildman–Crippen LogP) is 14.9. The zero-order valence-corrected chi connectivity index (χ0v) is 45.9. The Kier molecular flexibility index (Phi) is 23.2. The number of carbonyl (C=O) groups excluding carboxylic acids is 3. The van der Waals surface area contributed by atoms with Crippen molar-refractivity contribution < 1.29 is 29.3 Å². The van der Waals surface area contributed by atoms with Gasteiger partial charge >= 0.3 is 6.15 Å². The molecule has 0 aliphatic heterocycles. The molecule has 8 heteroatoms. The number of hydrogen-bond donors (Lipinski definition) is 2. The summed E-state index contributed by atoms with van der Waals surface area (Å²) in [5.74, 6) is 0. The summed E-state index contributed by atoms with van der Waals surface area (Å²) in [5, 5.41) is 21.4. The normalized spacial score (nSPS) is 11.7. The van der Waals surface area contributed by atoms with E-state index < -0.39 is 11.2 Å². The third-order valence-electron chi connectivity index (χ3n) is 16.4. The Hall–Kier alpha value is -6.05. The number of hydrogen-bond acceptors (Lipinski definition) is 8. The van der Waals surface area contributed by atoms with Gasteiger partial charge in [0, 0.05) is 52.3 Å². The first-order valence-electron chi connectivity index (χ1n) is 26.9. The van der Waals surface area contributed by atoms with Crippen molar-refractivity contribution >= 4 is 12.6 Å². The predicted molar refractivity (Wildman–Crippen MR) is 297 cm³/mol. The van der Waals surface area contributed by atoms with E-state index in [2.05, 4.69) is 177 Å². The van der Waals surface area contributed by atoms with Crippen molar-refractivity contribution in [2.24, 2.45) is 0 Å². The Labute approximate surface area is 438 Å². The molecule has 6 aromatic rings. The highest BCUT2D eigenvalue weighted by atomic mass is 16.5. The average Bonchev–Trinajstić information content (AvgIpc) is 3.43. The van der Waals surface area contributed by atoms with Crippen molar-refractivity contribution in [1.82, 2.24) is 9.97 Å². The number of aryl methyl sites for hydroxylation is 5. The Morgan fingerprint density at radius 1 is 0.479 bits per heavy atom. The van der Waals surface area contributed by atoms with Crippen molar-refractivity contribution in [1.29, 1.82) is 0 Å². The van der Waals surface area contributed by atoms with Crippen LogP contribution >= 0.6 is 0 Å². The maximum atomic E-state index is 10.7. The lowest BCUT2D eigenvalue weighted by Crippen LogP contribution is -2.27. The molecule has 0 aliphatic carbocycles. The Balaban J connectivity index is 0.000000301. The third-order valence-corrected chi connectivity index (χ3v) is 16.4. The first kappa shape index (κ1) is 59.5. The molecule has 2 N–H and O–H groups in total. The van der Waals surface area contributed by atoms with Gasteiger partial charge in [0.15, 0.2) is 0 Å². The van der Waals surface area contributed by atoms with Crippen molar-refractivity contribution in [3.63, 3.8) is 0 Å². The molecule has 0 saturated carbocycles. The molecule has 0 aliphatic rings. The van der Waals surface area contributed by atoms with E-state index in [1.165, 1.54) is 61.2 Å². The second-order valence-corrected chi connectivity index (χ2v) is 19.9. The van der Waals surface area contributed by atoms with E-state index in [9.17, 15) is 15.0 Å². The van der Waals surface area contributed by atoms with E-state index >= 15 is 0 Å². The number of aliphatic hydroxyl groups is 2. The summed E-state index contributed by atoms with van der Waals surface area (Å²) in [6.45, 7) is 24.7. The van der Waals surface area contributed by atoms with Gasteiger partial charge in [-0.05, 0) is 171 Å². The minimum absolute atomic E-state index is 0.00108. The number of carbonyl (C=O) groups is 1. The molecule has 0 radical (unpaired) electrons.